The van der Waals surface area contributed by atoms with Gasteiger partial charge < -0.3 is 5.32 Å². The molecule has 1 N–H and O–H groups in total. The summed E-state index contributed by atoms with van der Waals surface area (Å²) in [5.74, 6) is 0.471. The zero-order valence-electron chi connectivity index (χ0n) is 11.2. The first kappa shape index (κ1) is 15.1. The largest absolute Gasteiger partial charge is 0.325 e. The second-order valence-electron chi connectivity index (χ2n) is 4.42. The molecule has 2 rings (SSSR count). The van der Waals surface area contributed by atoms with Gasteiger partial charge in [-0.15, -0.1) is 11.8 Å². The number of carbonyl (C=O) groups is 1. The Morgan fingerprint density at radius 3 is 2.65 bits per heavy atom. The lowest BCUT2D eigenvalue weighted by Gasteiger charge is -2.11. The van der Waals surface area contributed by atoms with Crippen molar-refractivity contribution in [3.63, 3.8) is 0 Å². The Morgan fingerprint density at radius 2 is 1.95 bits per heavy atom. The van der Waals surface area contributed by atoms with Gasteiger partial charge in [0.05, 0.1) is 5.75 Å². The van der Waals surface area contributed by atoms with Crippen molar-refractivity contribution < 1.29 is 4.79 Å². The van der Waals surface area contributed by atoms with Gasteiger partial charge in [-0.3, -0.25) is 4.79 Å². The molecule has 0 aromatic heterocycles. The van der Waals surface area contributed by atoms with Crippen LogP contribution in [0.15, 0.2) is 59.1 Å². The Bertz CT molecular complexity index is 574. The number of anilines is 1. The van der Waals surface area contributed by atoms with Crippen LogP contribution in [-0.2, 0) is 4.79 Å². The summed E-state index contributed by atoms with van der Waals surface area (Å²) in [6.45, 7) is 2.12. The highest BCUT2D eigenvalue weighted by molar-refractivity contribution is 9.10. The van der Waals surface area contributed by atoms with Crippen molar-refractivity contribution in [2.45, 2.75) is 12.2 Å². The van der Waals surface area contributed by atoms with E-state index in [-0.39, 0.29) is 5.91 Å². The van der Waals surface area contributed by atoms with Crippen LogP contribution < -0.4 is 5.32 Å². The molecule has 0 aliphatic carbocycles. The van der Waals surface area contributed by atoms with Gasteiger partial charge in [0.15, 0.2) is 0 Å². The minimum atomic E-state index is 0.0240. The molecule has 1 atom stereocenters. The van der Waals surface area contributed by atoms with E-state index in [0.717, 1.165) is 10.2 Å². The van der Waals surface area contributed by atoms with Crippen LogP contribution in [0.5, 0.6) is 0 Å². The quantitative estimate of drug-likeness (QED) is 0.833. The number of carbonyl (C=O) groups excluding carboxylic acids is 1. The van der Waals surface area contributed by atoms with E-state index in [1.54, 1.807) is 11.8 Å². The average molecular weight is 350 g/mol. The first-order valence-corrected chi connectivity index (χ1v) is 8.21. The fourth-order valence-corrected chi connectivity index (χ4v) is 3.01. The molecule has 1 unspecified atom stereocenters. The second-order valence-corrected chi connectivity index (χ2v) is 6.67. The molecule has 0 aliphatic rings. The smallest absolute Gasteiger partial charge is 0.234 e. The van der Waals surface area contributed by atoms with Gasteiger partial charge in [0, 0.05) is 15.4 Å². The lowest BCUT2D eigenvalue weighted by Crippen LogP contribution is -2.14. The molecule has 0 saturated carbocycles. The van der Waals surface area contributed by atoms with Crippen LogP contribution in [0, 0.1) is 0 Å². The van der Waals surface area contributed by atoms with Gasteiger partial charge in [-0.1, -0.05) is 52.3 Å². The lowest BCUT2D eigenvalue weighted by molar-refractivity contribution is -0.113. The summed E-state index contributed by atoms with van der Waals surface area (Å²) in [5.41, 5.74) is 2.06. The monoisotopic (exact) mass is 349 g/mol. The number of thioether (sulfide) groups is 1. The fraction of sp³-hybridized carbons (Fsp3) is 0.188. The van der Waals surface area contributed by atoms with Gasteiger partial charge in [0.25, 0.3) is 0 Å². The highest BCUT2D eigenvalue weighted by atomic mass is 79.9. The summed E-state index contributed by atoms with van der Waals surface area (Å²) in [6, 6.07) is 17.8. The Balaban J connectivity index is 1.83. The molecule has 2 aromatic carbocycles. The number of hydrogen-bond acceptors (Lipinski definition) is 2. The molecular formula is C16H16BrNOS. The van der Waals surface area contributed by atoms with Crippen LogP contribution in [0.1, 0.15) is 17.7 Å². The van der Waals surface area contributed by atoms with Crippen LogP contribution in [0.4, 0.5) is 5.69 Å². The molecule has 2 nitrogen and oxygen atoms in total. The number of hydrogen-bond donors (Lipinski definition) is 1. The predicted octanol–water partition coefficient (Wildman–Crippen LogP) is 4.88. The molecule has 20 heavy (non-hydrogen) atoms. The molecule has 104 valence electrons. The number of benzene rings is 2. The predicted molar refractivity (Wildman–Crippen MR) is 90.1 cm³/mol. The van der Waals surface area contributed by atoms with Crippen molar-refractivity contribution in [1.29, 1.82) is 0 Å². The van der Waals surface area contributed by atoms with Gasteiger partial charge in [0.1, 0.15) is 0 Å². The van der Waals surface area contributed by atoms with Crippen molar-refractivity contribution in [3.05, 3.63) is 64.6 Å². The second kappa shape index (κ2) is 7.50. The average Bonchev–Trinajstić information content (AvgIpc) is 2.46. The highest BCUT2D eigenvalue weighted by Crippen LogP contribution is 2.27. The summed E-state index contributed by atoms with van der Waals surface area (Å²) >= 11 is 5.03. The van der Waals surface area contributed by atoms with Gasteiger partial charge in [0.2, 0.25) is 5.91 Å². The maximum atomic E-state index is 11.9. The van der Waals surface area contributed by atoms with Crippen LogP contribution in [0.25, 0.3) is 0 Å². The van der Waals surface area contributed by atoms with Gasteiger partial charge in [-0.25, -0.2) is 0 Å². The SMILES string of the molecule is CC(SCC(=O)Nc1cccc(Br)c1)c1ccccc1. The maximum Gasteiger partial charge on any atom is 0.234 e. The standard InChI is InChI=1S/C16H16BrNOS/c1-12(13-6-3-2-4-7-13)20-11-16(19)18-15-9-5-8-14(17)10-15/h2-10,12H,11H2,1H3,(H,18,19). The van der Waals surface area contributed by atoms with Crippen LogP contribution in [0.2, 0.25) is 0 Å². The first-order chi connectivity index (χ1) is 9.65. The van der Waals surface area contributed by atoms with Crippen LogP contribution >= 0.6 is 27.7 Å². The number of halogens is 1. The minimum Gasteiger partial charge on any atom is -0.325 e. The van der Waals surface area contributed by atoms with E-state index in [2.05, 4.69) is 40.3 Å². The zero-order chi connectivity index (χ0) is 14.4. The topological polar surface area (TPSA) is 29.1 Å². The van der Waals surface area contributed by atoms with Gasteiger partial charge in [-0.2, -0.15) is 0 Å². The molecule has 1 amide bonds. The lowest BCUT2D eigenvalue weighted by atomic mass is 10.2. The molecule has 4 heteroatoms. The maximum absolute atomic E-state index is 11.9. The van der Waals surface area contributed by atoms with E-state index < -0.39 is 0 Å². The van der Waals surface area contributed by atoms with Crippen molar-refractivity contribution in [2.24, 2.45) is 0 Å². The van der Waals surface area contributed by atoms with E-state index in [1.165, 1.54) is 5.56 Å². The number of rotatable bonds is 5. The van der Waals surface area contributed by atoms with E-state index in [9.17, 15) is 4.79 Å². The minimum absolute atomic E-state index is 0.0240. The molecule has 0 bridgehead atoms. The first-order valence-electron chi connectivity index (χ1n) is 6.37. The third kappa shape index (κ3) is 4.69. The summed E-state index contributed by atoms with van der Waals surface area (Å²) in [7, 11) is 0. The van der Waals surface area contributed by atoms with Gasteiger partial charge in [-0.05, 0) is 30.7 Å². The normalized spacial score (nSPS) is 11.9. The zero-order valence-corrected chi connectivity index (χ0v) is 13.6. The molecule has 0 fully saturated rings. The molecule has 0 heterocycles. The third-order valence-corrected chi connectivity index (χ3v) is 4.54. The van der Waals surface area contributed by atoms with Crippen molar-refractivity contribution in [1.82, 2.24) is 0 Å². The summed E-state index contributed by atoms with van der Waals surface area (Å²) in [6.07, 6.45) is 0. The van der Waals surface area contributed by atoms with E-state index in [0.29, 0.717) is 11.0 Å². The Hall–Kier alpha value is -1.26. The van der Waals surface area contributed by atoms with Crippen molar-refractivity contribution in [3.8, 4) is 0 Å². The van der Waals surface area contributed by atoms with E-state index >= 15 is 0 Å². The fourth-order valence-electron chi connectivity index (χ4n) is 1.78. The molecule has 2 aromatic rings. The van der Waals surface area contributed by atoms with Crippen LogP contribution in [-0.4, -0.2) is 11.7 Å². The molecular weight excluding hydrogens is 334 g/mol. The molecule has 0 saturated heterocycles. The molecule has 0 spiro atoms. The molecule has 0 aliphatic heterocycles. The van der Waals surface area contributed by atoms with E-state index in [4.69, 9.17) is 0 Å². The Kier molecular flexibility index (Phi) is 5.68. The summed E-state index contributed by atoms with van der Waals surface area (Å²) in [4.78, 5) is 11.9. The Morgan fingerprint density at radius 1 is 1.20 bits per heavy atom. The summed E-state index contributed by atoms with van der Waals surface area (Å²) in [5, 5.41) is 3.21. The number of nitrogens with one attached hydrogen (secondary N) is 1. The van der Waals surface area contributed by atoms with Crippen LogP contribution in [0.3, 0.4) is 0 Å². The third-order valence-electron chi connectivity index (χ3n) is 2.84. The Labute approximate surface area is 132 Å². The van der Waals surface area contributed by atoms with Crippen molar-refractivity contribution in [2.75, 3.05) is 11.1 Å². The van der Waals surface area contributed by atoms with Gasteiger partial charge >= 0.3 is 0 Å². The van der Waals surface area contributed by atoms with E-state index in [1.807, 2.05) is 42.5 Å². The summed E-state index contributed by atoms with van der Waals surface area (Å²) < 4.78 is 0.959. The highest BCUT2D eigenvalue weighted by Gasteiger charge is 2.09. The molecule has 0 radical (unpaired) electrons. The van der Waals surface area contributed by atoms with Crippen molar-refractivity contribution >= 4 is 39.3 Å². The number of amides is 1.